The van der Waals surface area contributed by atoms with Crippen molar-refractivity contribution in [2.75, 3.05) is 0 Å². The molecule has 4 nitrogen and oxygen atoms in total. The van der Waals surface area contributed by atoms with Gasteiger partial charge >= 0.3 is 0 Å². The summed E-state index contributed by atoms with van der Waals surface area (Å²) in [6.07, 6.45) is 1.22. The van der Waals surface area contributed by atoms with Gasteiger partial charge in [0.1, 0.15) is 11.5 Å². The Hall–Kier alpha value is -3.37. The molecule has 160 valence electrons. The average molecular weight is 444 g/mol. The molecule has 0 saturated heterocycles. The van der Waals surface area contributed by atoms with E-state index in [9.17, 15) is 9.59 Å². The van der Waals surface area contributed by atoms with Crippen molar-refractivity contribution >= 4 is 23.3 Å². The molecule has 32 heavy (non-hydrogen) atoms. The van der Waals surface area contributed by atoms with Crippen molar-refractivity contribution in [2.24, 2.45) is 0 Å². The van der Waals surface area contributed by atoms with Crippen LogP contribution in [0.4, 0.5) is 0 Å². The Balaban J connectivity index is 1.47. The number of rotatable bonds is 4. The maximum Gasteiger partial charge on any atom is 0.225 e. The lowest BCUT2D eigenvalue weighted by atomic mass is 9.73. The summed E-state index contributed by atoms with van der Waals surface area (Å²) in [4.78, 5) is 25.9. The standard InChI is InChI=1S/C27H22ClNO3/c28-23-12-5-4-11-21(23)18-14-24-27(25(30)15-18)22(16-26(31)29-24)17-7-6-10-20(13-17)32-19-8-2-1-3-9-19/h1-13,18,22H,14-16H2,(H,29,31)/t18-,22+/m0/s1. The molecule has 1 heterocycles. The van der Waals surface area contributed by atoms with Crippen LogP contribution in [0.2, 0.25) is 5.02 Å². The number of Topliss-reactive ketones (excluding diaryl/α,β-unsaturated/α-hetero) is 1. The molecule has 1 amide bonds. The number of halogens is 1. The van der Waals surface area contributed by atoms with Crippen molar-refractivity contribution in [1.82, 2.24) is 5.32 Å². The number of para-hydroxylation sites is 1. The van der Waals surface area contributed by atoms with Gasteiger partial charge in [0.05, 0.1) is 0 Å². The van der Waals surface area contributed by atoms with Crippen molar-refractivity contribution in [2.45, 2.75) is 31.1 Å². The molecule has 0 radical (unpaired) electrons. The molecular weight excluding hydrogens is 422 g/mol. The van der Waals surface area contributed by atoms with E-state index in [1.165, 1.54) is 0 Å². The number of ketones is 1. The lowest BCUT2D eigenvalue weighted by Gasteiger charge is -2.34. The van der Waals surface area contributed by atoms with E-state index in [4.69, 9.17) is 16.3 Å². The van der Waals surface area contributed by atoms with Gasteiger partial charge in [-0.3, -0.25) is 9.59 Å². The number of allylic oxidation sites excluding steroid dienone is 2. The molecule has 0 bridgehead atoms. The van der Waals surface area contributed by atoms with Gasteiger partial charge in [-0.1, -0.05) is 60.1 Å². The molecule has 1 N–H and O–H groups in total. The Morgan fingerprint density at radius 1 is 0.812 bits per heavy atom. The van der Waals surface area contributed by atoms with E-state index in [1.807, 2.05) is 78.9 Å². The third-order valence-electron chi connectivity index (χ3n) is 6.12. The van der Waals surface area contributed by atoms with E-state index in [2.05, 4.69) is 5.32 Å². The molecule has 3 aromatic rings. The molecule has 2 atom stereocenters. The summed E-state index contributed by atoms with van der Waals surface area (Å²) in [5.41, 5.74) is 3.29. The summed E-state index contributed by atoms with van der Waals surface area (Å²) in [7, 11) is 0. The minimum atomic E-state index is -0.280. The number of nitrogens with one attached hydrogen (secondary N) is 1. The highest BCUT2D eigenvalue weighted by Gasteiger charge is 2.38. The molecule has 0 saturated carbocycles. The van der Waals surface area contributed by atoms with Crippen LogP contribution in [0.15, 0.2) is 90.1 Å². The molecule has 0 unspecified atom stereocenters. The third kappa shape index (κ3) is 4.06. The monoisotopic (exact) mass is 443 g/mol. The van der Waals surface area contributed by atoms with Gasteiger partial charge in [-0.05, 0) is 53.8 Å². The van der Waals surface area contributed by atoms with Crippen LogP contribution in [0, 0.1) is 0 Å². The fourth-order valence-electron chi connectivity index (χ4n) is 4.69. The van der Waals surface area contributed by atoms with Gasteiger partial charge in [0.2, 0.25) is 5.91 Å². The first-order valence-corrected chi connectivity index (χ1v) is 11.1. The van der Waals surface area contributed by atoms with Crippen LogP contribution in [-0.4, -0.2) is 11.7 Å². The lowest BCUT2D eigenvalue weighted by Crippen LogP contribution is -2.38. The lowest BCUT2D eigenvalue weighted by molar-refractivity contribution is -0.122. The van der Waals surface area contributed by atoms with E-state index in [-0.39, 0.29) is 29.9 Å². The van der Waals surface area contributed by atoms with E-state index in [0.29, 0.717) is 29.2 Å². The Morgan fingerprint density at radius 3 is 2.38 bits per heavy atom. The van der Waals surface area contributed by atoms with Crippen LogP contribution in [0.3, 0.4) is 0 Å². The molecule has 5 heteroatoms. The van der Waals surface area contributed by atoms with Gasteiger partial charge in [0, 0.05) is 35.1 Å². The Labute approximate surface area is 191 Å². The smallest absolute Gasteiger partial charge is 0.225 e. The van der Waals surface area contributed by atoms with Crippen LogP contribution in [0.25, 0.3) is 0 Å². The summed E-state index contributed by atoms with van der Waals surface area (Å²) in [5.74, 6) is 1.09. The van der Waals surface area contributed by atoms with Crippen LogP contribution < -0.4 is 10.1 Å². The van der Waals surface area contributed by atoms with E-state index in [1.54, 1.807) is 0 Å². The molecule has 1 aliphatic heterocycles. The molecule has 2 aliphatic rings. The SMILES string of the molecule is O=C1C[C@H](c2cccc(Oc3ccccc3)c2)C2=C(C[C@H](c3ccccc3Cl)CC2=O)N1. The van der Waals surface area contributed by atoms with Crippen molar-refractivity contribution in [1.29, 1.82) is 0 Å². The van der Waals surface area contributed by atoms with Crippen molar-refractivity contribution < 1.29 is 14.3 Å². The third-order valence-corrected chi connectivity index (χ3v) is 6.46. The predicted octanol–water partition coefficient (Wildman–Crippen LogP) is 6.14. The fourth-order valence-corrected chi connectivity index (χ4v) is 4.98. The van der Waals surface area contributed by atoms with E-state index in [0.717, 1.165) is 22.6 Å². The minimum absolute atomic E-state index is 0.0400. The Morgan fingerprint density at radius 2 is 1.56 bits per heavy atom. The minimum Gasteiger partial charge on any atom is -0.457 e. The van der Waals surface area contributed by atoms with Gasteiger partial charge < -0.3 is 10.1 Å². The Bertz CT molecular complexity index is 1220. The summed E-state index contributed by atoms with van der Waals surface area (Å²) in [6.45, 7) is 0. The van der Waals surface area contributed by atoms with E-state index < -0.39 is 0 Å². The second kappa shape index (κ2) is 8.64. The number of amides is 1. The van der Waals surface area contributed by atoms with Crippen LogP contribution in [-0.2, 0) is 9.59 Å². The summed E-state index contributed by atoms with van der Waals surface area (Å²) in [6, 6.07) is 24.8. The number of benzene rings is 3. The Kier molecular flexibility index (Phi) is 5.54. The first kappa shape index (κ1) is 20.5. The first-order valence-electron chi connectivity index (χ1n) is 10.7. The number of carbonyl (C=O) groups is 2. The second-order valence-electron chi connectivity index (χ2n) is 8.23. The van der Waals surface area contributed by atoms with Crippen molar-refractivity contribution in [3.63, 3.8) is 0 Å². The highest BCUT2D eigenvalue weighted by atomic mass is 35.5. The fraction of sp³-hybridized carbons (Fsp3) is 0.185. The number of hydrogen-bond donors (Lipinski definition) is 1. The summed E-state index contributed by atoms with van der Waals surface area (Å²) >= 11 is 6.39. The first-order chi connectivity index (χ1) is 15.6. The number of hydrogen-bond acceptors (Lipinski definition) is 3. The summed E-state index contributed by atoms with van der Waals surface area (Å²) < 4.78 is 5.97. The molecule has 0 fully saturated rings. The molecule has 3 aromatic carbocycles. The molecular formula is C27H22ClNO3. The zero-order valence-corrected chi connectivity index (χ0v) is 18.1. The summed E-state index contributed by atoms with van der Waals surface area (Å²) in [5, 5.41) is 3.62. The average Bonchev–Trinajstić information content (AvgIpc) is 2.79. The maximum absolute atomic E-state index is 13.3. The van der Waals surface area contributed by atoms with Gasteiger partial charge in [0.15, 0.2) is 5.78 Å². The van der Waals surface area contributed by atoms with Gasteiger partial charge in [-0.15, -0.1) is 0 Å². The van der Waals surface area contributed by atoms with Crippen molar-refractivity contribution in [3.05, 3.63) is 106 Å². The van der Waals surface area contributed by atoms with Gasteiger partial charge in [-0.2, -0.15) is 0 Å². The highest BCUT2D eigenvalue weighted by Crippen LogP contribution is 2.44. The van der Waals surface area contributed by atoms with E-state index >= 15 is 0 Å². The highest BCUT2D eigenvalue weighted by molar-refractivity contribution is 6.31. The zero-order chi connectivity index (χ0) is 22.1. The number of carbonyl (C=O) groups excluding carboxylic acids is 2. The zero-order valence-electron chi connectivity index (χ0n) is 17.4. The predicted molar refractivity (Wildman–Crippen MR) is 124 cm³/mol. The van der Waals surface area contributed by atoms with Crippen LogP contribution in [0.5, 0.6) is 11.5 Å². The normalized spacial score (nSPS) is 20.5. The maximum atomic E-state index is 13.3. The molecule has 0 aromatic heterocycles. The number of ether oxygens (including phenoxy) is 1. The molecule has 0 spiro atoms. The topological polar surface area (TPSA) is 55.4 Å². The van der Waals surface area contributed by atoms with Crippen molar-refractivity contribution in [3.8, 4) is 11.5 Å². The quantitative estimate of drug-likeness (QED) is 0.527. The second-order valence-corrected chi connectivity index (χ2v) is 8.64. The molecule has 1 aliphatic carbocycles. The van der Waals surface area contributed by atoms with Crippen LogP contribution in [0.1, 0.15) is 42.2 Å². The van der Waals surface area contributed by atoms with Gasteiger partial charge in [0.25, 0.3) is 0 Å². The largest absolute Gasteiger partial charge is 0.457 e. The molecule has 5 rings (SSSR count). The van der Waals surface area contributed by atoms with Gasteiger partial charge in [-0.25, -0.2) is 0 Å². The van der Waals surface area contributed by atoms with Crippen LogP contribution >= 0.6 is 11.6 Å².